The molecule has 1 aliphatic rings. The summed E-state index contributed by atoms with van der Waals surface area (Å²) in [5.74, 6) is 1.09. The summed E-state index contributed by atoms with van der Waals surface area (Å²) in [6.45, 7) is 7.64. The molecule has 0 saturated carbocycles. The van der Waals surface area contributed by atoms with Crippen molar-refractivity contribution in [1.29, 1.82) is 0 Å². The number of likely N-dealkylation sites (tertiary alicyclic amines) is 1. The predicted octanol–water partition coefficient (Wildman–Crippen LogP) is 4.17. The van der Waals surface area contributed by atoms with Gasteiger partial charge in [-0.05, 0) is 57.8 Å². The Hall–Kier alpha value is -3.19. The van der Waals surface area contributed by atoms with Crippen LogP contribution in [0.25, 0.3) is 22.8 Å². The lowest BCUT2D eigenvalue weighted by Gasteiger charge is -2.26. The molecular formula is C27H35N5O2. The summed E-state index contributed by atoms with van der Waals surface area (Å²) in [6.07, 6.45) is 7.00. The number of aromatic nitrogens is 3. The van der Waals surface area contributed by atoms with Gasteiger partial charge in [0, 0.05) is 30.4 Å². The second kappa shape index (κ2) is 11.3. The maximum absolute atomic E-state index is 12.5. The Kier molecular flexibility index (Phi) is 7.95. The van der Waals surface area contributed by atoms with Crippen LogP contribution in [0.15, 0.2) is 48.7 Å². The van der Waals surface area contributed by atoms with Crippen LogP contribution in [0.1, 0.15) is 38.7 Å². The quantitative estimate of drug-likeness (QED) is 0.518. The van der Waals surface area contributed by atoms with Gasteiger partial charge in [0.25, 0.3) is 0 Å². The highest BCUT2D eigenvalue weighted by Crippen LogP contribution is 2.26. The molecule has 1 aromatic carbocycles. The fraction of sp³-hybridized carbons (Fsp3) is 0.444. The van der Waals surface area contributed by atoms with Crippen LogP contribution >= 0.6 is 0 Å². The van der Waals surface area contributed by atoms with Gasteiger partial charge in [0.05, 0.1) is 12.8 Å². The third-order valence-corrected chi connectivity index (χ3v) is 6.12. The van der Waals surface area contributed by atoms with Gasteiger partial charge in [-0.3, -0.25) is 4.79 Å². The first-order chi connectivity index (χ1) is 16.5. The van der Waals surface area contributed by atoms with E-state index in [1.165, 1.54) is 37.9 Å². The van der Waals surface area contributed by atoms with Gasteiger partial charge in [-0.2, -0.15) is 0 Å². The van der Waals surface area contributed by atoms with Gasteiger partial charge < -0.3 is 19.5 Å². The molecule has 180 valence electrons. The largest absolute Gasteiger partial charge is 0.481 e. The molecule has 1 aliphatic heterocycles. The van der Waals surface area contributed by atoms with Gasteiger partial charge >= 0.3 is 0 Å². The summed E-state index contributed by atoms with van der Waals surface area (Å²) >= 11 is 0. The molecule has 1 saturated heterocycles. The number of hydrogen-bond donors (Lipinski definition) is 1. The van der Waals surface area contributed by atoms with Crippen molar-refractivity contribution in [3.05, 3.63) is 54.2 Å². The van der Waals surface area contributed by atoms with E-state index in [9.17, 15) is 4.79 Å². The Bertz CT molecular complexity index is 1080. The molecule has 7 heteroatoms. The van der Waals surface area contributed by atoms with Crippen LogP contribution in [0.3, 0.4) is 0 Å². The molecule has 0 spiro atoms. The lowest BCUT2D eigenvalue weighted by Crippen LogP contribution is -2.33. The number of carbonyl (C=O) groups is 1. The molecule has 0 bridgehead atoms. The van der Waals surface area contributed by atoms with Gasteiger partial charge in [-0.25, -0.2) is 9.97 Å². The van der Waals surface area contributed by atoms with Crippen molar-refractivity contribution >= 4 is 5.91 Å². The average molecular weight is 462 g/mol. The van der Waals surface area contributed by atoms with Crippen LogP contribution in [-0.4, -0.2) is 58.1 Å². The molecule has 34 heavy (non-hydrogen) atoms. The Morgan fingerprint density at radius 3 is 2.50 bits per heavy atom. The lowest BCUT2D eigenvalue weighted by molar-refractivity contribution is -0.122. The van der Waals surface area contributed by atoms with Gasteiger partial charge in [0.1, 0.15) is 12.2 Å². The number of nitrogens with one attached hydrogen (secondary N) is 1. The van der Waals surface area contributed by atoms with E-state index in [1.807, 2.05) is 36.7 Å². The maximum atomic E-state index is 12.5. The fourth-order valence-electron chi connectivity index (χ4n) is 4.37. The number of benzene rings is 1. The first-order valence-corrected chi connectivity index (χ1v) is 12.2. The van der Waals surface area contributed by atoms with Crippen molar-refractivity contribution in [2.45, 2.75) is 52.1 Å². The van der Waals surface area contributed by atoms with Crippen molar-refractivity contribution in [2.75, 3.05) is 26.7 Å². The highest BCUT2D eigenvalue weighted by atomic mass is 16.5. The monoisotopic (exact) mass is 461 g/mol. The Balaban J connectivity index is 1.55. The average Bonchev–Trinajstić information content (AvgIpc) is 3.26. The van der Waals surface area contributed by atoms with Crippen molar-refractivity contribution in [3.63, 3.8) is 0 Å². The third kappa shape index (κ3) is 6.23. The number of rotatable bonds is 9. The zero-order valence-corrected chi connectivity index (χ0v) is 20.5. The highest BCUT2D eigenvalue weighted by molar-refractivity contribution is 5.77. The van der Waals surface area contributed by atoms with E-state index < -0.39 is 0 Å². The molecule has 0 atom stereocenters. The Morgan fingerprint density at radius 1 is 1.03 bits per heavy atom. The van der Waals surface area contributed by atoms with Crippen LogP contribution in [-0.2, 0) is 17.8 Å². The van der Waals surface area contributed by atoms with E-state index in [0.717, 1.165) is 24.2 Å². The standard InChI is InChI=1S/C27H35N5O2/c1-20(2)28-25(33)19-32-18-24(30-27(32)23-8-7-9-26(29-23)34-3)22-12-10-21(11-13-22)14-17-31-15-5-4-6-16-31/h7-13,18,20H,4-6,14-17,19H2,1-3H3,(H,28,33). The SMILES string of the molecule is COc1cccc(-c2nc(-c3ccc(CCN4CCCCC4)cc3)cn2CC(=O)NC(C)C)n1. The molecule has 3 heterocycles. The molecule has 7 nitrogen and oxygen atoms in total. The summed E-state index contributed by atoms with van der Waals surface area (Å²) in [4.78, 5) is 24.5. The topological polar surface area (TPSA) is 72.3 Å². The smallest absolute Gasteiger partial charge is 0.240 e. The summed E-state index contributed by atoms with van der Waals surface area (Å²) < 4.78 is 7.15. The second-order valence-electron chi connectivity index (χ2n) is 9.21. The van der Waals surface area contributed by atoms with E-state index in [4.69, 9.17) is 9.72 Å². The minimum atomic E-state index is -0.0591. The van der Waals surface area contributed by atoms with Crippen molar-refractivity contribution in [3.8, 4) is 28.7 Å². The molecule has 4 rings (SSSR count). The number of methoxy groups -OCH3 is 1. The maximum Gasteiger partial charge on any atom is 0.240 e. The van der Waals surface area contributed by atoms with Crippen LogP contribution in [0.4, 0.5) is 0 Å². The second-order valence-corrected chi connectivity index (χ2v) is 9.21. The highest BCUT2D eigenvalue weighted by Gasteiger charge is 2.16. The summed E-state index contributed by atoms with van der Waals surface area (Å²) in [6, 6.07) is 14.3. The van der Waals surface area contributed by atoms with Gasteiger partial charge in [-0.15, -0.1) is 0 Å². The van der Waals surface area contributed by atoms with E-state index in [0.29, 0.717) is 17.4 Å². The number of amides is 1. The van der Waals surface area contributed by atoms with E-state index >= 15 is 0 Å². The van der Waals surface area contributed by atoms with Crippen LogP contribution in [0, 0.1) is 0 Å². The van der Waals surface area contributed by atoms with Crippen molar-refractivity contribution in [2.24, 2.45) is 0 Å². The van der Waals surface area contributed by atoms with Gasteiger partial charge in [0.2, 0.25) is 11.8 Å². The molecule has 1 amide bonds. The Morgan fingerprint density at radius 2 is 1.79 bits per heavy atom. The number of piperidine rings is 1. The van der Waals surface area contributed by atoms with Crippen molar-refractivity contribution in [1.82, 2.24) is 24.8 Å². The molecule has 1 fully saturated rings. The van der Waals surface area contributed by atoms with E-state index in [-0.39, 0.29) is 18.5 Å². The lowest BCUT2D eigenvalue weighted by atomic mass is 10.1. The molecule has 0 unspecified atom stereocenters. The first-order valence-electron chi connectivity index (χ1n) is 12.2. The number of carbonyl (C=O) groups excluding carboxylic acids is 1. The Labute approximate surface area is 202 Å². The van der Waals surface area contributed by atoms with E-state index in [2.05, 4.69) is 39.5 Å². The number of pyridine rings is 1. The molecule has 1 N–H and O–H groups in total. The van der Waals surface area contributed by atoms with E-state index in [1.54, 1.807) is 13.2 Å². The first kappa shape index (κ1) is 24.0. The zero-order valence-electron chi connectivity index (χ0n) is 20.5. The van der Waals surface area contributed by atoms with Crippen LogP contribution in [0.2, 0.25) is 0 Å². The molecule has 0 aliphatic carbocycles. The van der Waals surface area contributed by atoms with Gasteiger partial charge in [0.15, 0.2) is 5.82 Å². The number of imidazole rings is 1. The molecule has 2 aromatic heterocycles. The third-order valence-electron chi connectivity index (χ3n) is 6.12. The molecule has 0 radical (unpaired) electrons. The summed E-state index contributed by atoms with van der Waals surface area (Å²) in [7, 11) is 1.59. The molecule has 3 aromatic rings. The predicted molar refractivity (Wildman–Crippen MR) is 135 cm³/mol. The summed E-state index contributed by atoms with van der Waals surface area (Å²) in [5.41, 5.74) is 3.84. The van der Waals surface area contributed by atoms with Crippen LogP contribution < -0.4 is 10.1 Å². The fourth-order valence-corrected chi connectivity index (χ4v) is 4.37. The minimum Gasteiger partial charge on any atom is -0.481 e. The summed E-state index contributed by atoms with van der Waals surface area (Å²) in [5, 5.41) is 2.95. The zero-order chi connectivity index (χ0) is 23.9. The molecular weight excluding hydrogens is 426 g/mol. The minimum absolute atomic E-state index is 0.0591. The van der Waals surface area contributed by atoms with Crippen LogP contribution in [0.5, 0.6) is 5.88 Å². The number of nitrogens with zero attached hydrogens (tertiary/aromatic N) is 4. The van der Waals surface area contributed by atoms with Gasteiger partial charge in [-0.1, -0.05) is 36.8 Å². The van der Waals surface area contributed by atoms with Crippen molar-refractivity contribution < 1.29 is 9.53 Å². The normalized spacial score (nSPS) is 14.4. The number of hydrogen-bond acceptors (Lipinski definition) is 5. The number of ether oxygens (including phenoxy) is 1.